The van der Waals surface area contributed by atoms with Crippen LogP contribution in [0, 0.1) is 5.41 Å². The van der Waals surface area contributed by atoms with Gasteiger partial charge in [-0.2, -0.15) is 0 Å². The van der Waals surface area contributed by atoms with Gasteiger partial charge in [-0.15, -0.1) is 0 Å². The van der Waals surface area contributed by atoms with Crippen molar-refractivity contribution in [1.29, 1.82) is 0 Å². The smallest absolute Gasteiger partial charge is 0.157 e. The van der Waals surface area contributed by atoms with Crippen molar-refractivity contribution in [2.24, 2.45) is 11.1 Å². The molecule has 0 fully saturated rings. The lowest BCUT2D eigenvalue weighted by molar-refractivity contribution is -0.130. The summed E-state index contributed by atoms with van der Waals surface area (Å²) in [6.45, 7) is 10.6. The van der Waals surface area contributed by atoms with Crippen LogP contribution in [0.15, 0.2) is 30.3 Å². The summed E-state index contributed by atoms with van der Waals surface area (Å²) >= 11 is 0. The molecule has 20 heavy (non-hydrogen) atoms. The summed E-state index contributed by atoms with van der Waals surface area (Å²) in [4.78, 5) is 12.0. The normalized spacial score (nSPS) is 12.3. The van der Waals surface area contributed by atoms with Crippen molar-refractivity contribution >= 4 is 5.78 Å². The van der Waals surface area contributed by atoms with Gasteiger partial charge in [0.05, 0.1) is 19.3 Å². The van der Waals surface area contributed by atoms with E-state index in [1.54, 1.807) is 0 Å². The van der Waals surface area contributed by atoms with Crippen LogP contribution in [-0.4, -0.2) is 18.4 Å². The molecule has 0 amide bonds. The van der Waals surface area contributed by atoms with E-state index in [-0.39, 0.29) is 17.8 Å². The second kappa shape index (κ2) is 9.67. The van der Waals surface area contributed by atoms with Crippen LogP contribution in [0.5, 0.6) is 0 Å². The fourth-order valence-electron chi connectivity index (χ4n) is 1.63. The lowest BCUT2D eigenvalue weighted by Gasteiger charge is -2.24. The van der Waals surface area contributed by atoms with Crippen molar-refractivity contribution in [3.8, 4) is 0 Å². The molecule has 0 saturated carbocycles. The molecule has 1 aromatic carbocycles. The van der Waals surface area contributed by atoms with E-state index in [4.69, 9.17) is 10.5 Å². The van der Waals surface area contributed by atoms with Gasteiger partial charge in [0, 0.05) is 5.41 Å². The number of Topliss-reactive ketones (excluding diaryl/α,β-unsaturated/α-hetero) is 1. The molecule has 0 aliphatic rings. The van der Waals surface area contributed by atoms with Gasteiger partial charge in [-0.25, -0.2) is 0 Å². The highest BCUT2D eigenvalue weighted by Crippen LogP contribution is 2.22. The molecule has 0 heterocycles. The predicted octanol–water partition coefficient (Wildman–Crippen LogP) is 3.56. The predicted molar refractivity (Wildman–Crippen MR) is 84.5 cm³/mol. The average Bonchev–Trinajstić information content (AvgIpc) is 2.49. The van der Waals surface area contributed by atoms with Crippen LogP contribution in [-0.2, 0) is 16.1 Å². The first-order valence-corrected chi connectivity index (χ1v) is 7.39. The molecule has 0 aliphatic carbocycles. The third-order valence-corrected chi connectivity index (χ3v) is 3.30. The van der Waals surface area contributed by atoms with Crippen LogP contribution in [0.25, 0.3) is 0 Å². The standard InChI is InChI=1S/C15H23NO2.C2H6/c1-4-15(2,3)14(17)13(16)11-18-10-12-8-6-5-7-9-12;1-2/h5-9,13H,4,10-11,16H2,1-3H3;1-2H3. The van der Waals surface area contributed by atoms with Crippen molar-refractivity contribution in [2.75, 3.05) is 6.61 Å². The van der Waals surface area contributed by atoms with E-state index >= 15 is 0 Å². The van der Waals surface area contributed by atoms with E-state index in [0.717, 1.165) is 12.0 Å². The fraction of sp³-hybridized carbons (Fsp3) is 0.588. The molecule has 114 valence electrons. The Balaban J connectivity index is 0.00000172. The minimum Gasteiger partial charge on any atom is -0.375 e. The maximum Gasteiger partial charge on any atom is 0.157 e. The summed E-state index contributed by atoms with van der Waals surface area (Å²) in [6, 6.07) is 9.33. The van der Waals surface area contributed by atoms with Gasteiger partial charge in [0.15, 0.2) is 5.78 Å². The summed E-state index contributed by atoms with van der Waals surface area (Å²) in [6.07, 6.45) is 0.790. The molecule has 1 aromatic rings. The first-order chi connectivity index (χ1) is 9.47. The zero-order chi connectivity index (χ0) is 15.6. The van der Waals surface area contributed by atoms with E-state index in [2.05, 4.69) is 0 Å². The highest BCUT2D eigenvalue weighted by molar-refractivity contribution is 5.88. The van der Waals surface area contributed by atoms with Crippen molar-refractivity contribution in [3.63, 3.8) is 0 Å². The lowest BCUT2D eigenvalue weighted by atomic mass is 9.82. The highest BCUT2D eigenvalue weighted by Gasteiger charge is 2.29. The molecular formula is C17H29NO2. The maximum atomic E-state index is 12.0. The van der Waals surface area contributed by atoms with Gasteiger partial charge in [-0.1, -0.05) is 65.0 Å². The lowest BCUT2D eigenvalue weighted by Crippen LogP contribution is -2.43. The number of hydrogen-bond acceptors (Lipinski definition) is 3. The molecule has 0 bridgehead atoms. The van der Waals surface area contributed by atoms with E-state index in [1.165, 1.54) is 0 Å². The monoisotopic (exact) mass is 279 g/mol. The van der Waals surface area contributed by atoms with Gasteiger partial charge in [0.2, 0.25) is 0 Å². The zero-order valence-corrected chi connectivity index (χ0v) is 13.5. The van der Waals surface area contributed by atoms with Crippen molar-refractivity contribution in [3.05, 3.63) is 35.9 Å². The second-order valence-electron chi connectivity index (χ2n) is 5.21. The Hall–Kier alpha value is -1.19. The third-order valence-electron chi connectivity index (χ3n) is 3.30. The van der Waals surface area contributed by atoms with Crippen LogP contribution < -0.4 is 5.73 Å². The zero-order valence-electron chi connectivity index (χ0n) is 13.5. The summed E-state index contributed by atoms with van der Waals surface area (Å²) in [7, 11) is 0. The Morgan fingerprint density at radius 3 is 2.30 bits per heavy atom. The van der Waals surface area contributed by atoms with E-state index in [0.29, 0.717) is 6.61 Å². The Labute approximate surface area is 123 Å². The fourth-order valence-corrected chi connectivity index (χ4v) is 1.63. The number of hydrogen-bond donors (Lipinski definition) is 1. The molecule has 1 rings (SSSR count). The van der Waals surface area contributed by atoms with Crippen molar-refractivity contribution in [1.82, 2.24) is 0 Å². The maximum absolute atomic E-state index is 12.0. The molecular weight excluding hydrogens is 250 g/mol. The molecule has 2 N–H and O–H groups in total. The first-order valence-electron chi connectivity index (χ1n) is 7.39. The highest BCUT2D eigenvalue weighted by atomic mass is 16.5. The molecule has 0 aromatic heterocycles. The van der Waals surface area contributed by atoms with Crippen LogP contribution in [0.2, 0.25) is 0 Å². The number of carbonyl (C=O) groups is 1. The van der Waals surface area contributed by atoms with Gasteiger partial charge in [-0.3, -0.25) is 4.79 Å². The quantitative estimate of drug-likeness (QED) is 0.830. The van der Waals surface area contributed by atoms with E-state index in [1.807, 2.05) is 65.0 Å². The summed E-state index contributed by atoms with van der Waals surface area (Å²) in [5.41, 5.74) is 6.59. The Kier molecular flexibility index (Phi) is 9.10. The molecule has 0 aliphatic heterocycles. The molecule has 1 atom stereocenters. The van der Waals surface area contributed by atoms with Gasteiger partial charge < -0.3 is 10.5 Å². The van der Waals surface area contributed by atoms with Gasteiger partial charge in [0.1, 0.15) is 0 Å². The molecule has 0 spiro atoms. The number of nitrogens with two attached hydrogens (primary N) is 1. The van der Waals surface area contributed by atoms with Gasteiger partial charge in [-0.05, 0) is 12.0 Å². The summed E-state index contributed by atoms with van der Waals surface area (Å²) < 4.78 is 5.50. The van der Waals surface area contributed by atoms with Crippen LogP contribution >= 0.6 is 0 Å². The van der Waals surface area contributed by atoms with Crippen LogP contribution in [0.4, 0.5) is 0 Å². The average molecular weight is 279 g/mol. The summed E-state index contributed by atoms with van der Waals surface area (Å²) in [5.74, 6) is 0.0676. The Bertz CT molecular complexity index is 374. The molecule has 3 nitrogen and oxygen atoms in total. The SMILES string of the molecule is CC.CCC(C)(C)C(=O)C(N)COCc1ccccc1. The topological polar surface area (TPSA) is 52.3 Å². The van der Waals surface area contributed by atoms with E-state index in [9.17, 15) is 4.79 Å². The van der Waals surface area contributed by atoms with Crippen LogP contribution in [0.1, 0.15) is 46.6 Å². The number of ketones is 1. The molecule has 1 unspecified atom stereocenters. The second-order valence-corrected chi connectivity index (χ2v) is 5.21. The third kappa shape index (κ3) is 6.31. The number of carbonyl (C=O) groups excluding carboxylic acids is 1. The Morgan fingerprint density at radius 2 is 1.80 bits per heavy atom. The van der Waals surface area contributed by atoms with Crippen molar-refractivity contribution in [2.45, 2.75) is 53.7 Å². The van der Waals surface area contributed by atoms with Gasteiger partial charge >= 0.3 is 0 Å². The molecule has 0 saturated heterocycles. The Morgan fingerprint density at radius 1 is 1.25 bits per heavy atom. The van der Waals surface area contributed by atoms with Crippen LogP contribution in [0.3, 0.4) is 0 Å². The number of benzene rings is 1. The first kappa shape index (κ1) is 18.8. The minimum absolute atomic E-state index is 0.0676. The molecule has 3 heteroatoms. The minimum atomic E-state index is -0.538. The number of ether oxygens (including phenoxy) is 1. The van der Waals surface area contributed by atoms with Crippen molar-refractivity contribution < 1.29 is 9.53 Å². The van der Waals surface area contributed by atoms with E-state index < -0.39 is 6.04 Å². The largest absolute Gasteiger partial charge is 0.375 e. The number of rotatable bonds is 7. The van der Waals surface area contributed by atoms with Gasteiger partial charge in [0.25, 0.3) is 0 Å². The summed E-state index contributed by atoms with van der Waals surface area (Å²) in [5, 5.41) is 0. The molecule has 0 radical (unpaired) electrons.